The molecule has 0 spiro atoms. The van der Waals surface area contributed by atoms with Gasteiger partial charge < -0.3 is 10.1 Å². The van der Waals surface area contributed by atoms with Gasteiger partial charge >= 0.3 is 0 Å². The van der Waals surface area contributed by atoms with E-state index in [4.69, 9.17) is 4.74 Å². The summed E-state index contributed by atoms with van der Waals surface area (Å²) in [6.07, 6.45) is 1.22. The zero-order chi connectivity index (χ0) is 13.7. The molecule has 1 fully saturated rings. The molecule has 1 aliphatic heterocycles. The van der Waals surface area contributed by atoms with Gasteiger partial charge in [-0.1, -0.05) is 37.7 Å². The van der Waals surface area contributed by atoms with Crippen LogP contribution in [0.3, 0.4) is 0 Å². The number of benzene rings is 1. The van der Waals surface area contributed by atoms with Crippen molar-refractivity contribution in [2.75, 3.05) is 12.9 Å². The molecule has 0 saturated carbocycles. The zero-order valence-electron chi connectivity index (χ0n) is 11.8. The van der Waals surface area contributed by atoms with E-state index in [1.54, 1.807) is 7.11 Å². The predicted octanol–water partition coefficient (Wildman–Crippen LogP) is 3.30. The Labute approximate surface area is 119 Å². The Balaban J connectivity index is 1.97. The average Bonchev–Trinajstić information content (AvgIpc) is 2.45. The molecule has 1 aromatic carbocycles. The van der Waals surface area contributed by atoms with Gasteiger partial charge in [0.05, 0.1) is 13.7 Å². The Kier molecular flexibility index (Phi) is 5.14. The molecule has 0 aromatic heterocycles. The van der Waals surface area contributed by atoms with Gasteiger partial charge in [0.1, 0.15) is 5.75 Å². The highest BCUT2D eigenvalue weighted by atomic mass is 32.2. The van der Waals surface area contributed by atoms with Crippen molar-refractivity contribution >= 4 is 16.9 Å². The number of ether oxygens (including phenoxy) is 1. The normalized spacial score (nSPS) is 21.5. The molecular weight excluding hydrogens is 256 g/mol. The summed E-state index contributed by atoms with van der Waals surface area (Å²) in [6, 6.07) is 8.65. The summed E-state index contributed by atoms with van der Waals surface area (Å²) in [7, 11) is 1.69. The molecule has 4 heteroatoms. The van der Waals surface area contributed by atoms with Crippen molar-refractivity contribution in [3.05, 3.63) is 29.8 Å². The first-order chi connectivity index (χ1) is 9.19. The summed E-state index contributed by atoms with van der Waals surface area (Å²) >= 11 is 1.82. The lowest BCUT2D eigenvalue weighted by Crippen LogP contribution is -2.41. The minimum atomic E-state index is 0.560. The fraction of sp³-hybridized carbons (Fsp3) is 0.533. The second kappa shape index (κ2) is 6.85. The lowest BCUT2D eigenvalue weighted by Gasteiger charge is -2.28. The molecule has 0 bridgehead atoms. The van der Waals surface area contributed by atoms with Gasteiger partial charge in [-0.2, -0.15) is 0 Å². The van der Waals surface area contributed by atoms with Crippen LogP contribution < -0.4 is 10.1 Å². The van der Waals surface area contributed by atoms with Crippen LogP contribution in [-0.2, 0) is 6.54 Å². The summed E-state index contributed by atoms with van der Waals surface area (Å²) < 4.78 is 5.23. The molecule has 0 aliphatic carbocycles. The Morgan fingerprint density at radius 1 is 1.47 bits per heavy atom. The Hall–Kier alpha value is -1.16. The standard InChI is InChI=1S/C15H22N2OS/c1-11(2)14-7-8-19-15(17-14)16-10-12-5-4-6-13(9-12)18-3/h4-6,9,11,14H,7-8,10H2,1-3H3,(H,16,17). The highest BCUT2D eigenvalue weighted by Gasteiger charge is 2.19. The number of nitrogens with one attached hydrogen (secondary N) is 1. The first kappa shape index (κ1) is 14.3. The van der Waals surface area contributed by atoms with E-state index >= 15 is 0 Å². The fourth-order valence-electron chi connectivity index (χ4n) is 2.08. The van der Waals surface area contributed by atoms with E-state index in [2.05, 4.69) is 30.2 Å². The number of rotatable bonds is 4. The van der Waals surface area contributed by atoms with Crippen LogP contribution in [0, 0.1) is 5.92 Å². The van der Waals surface area contributed by atoms with Gasteiger partial charge in [-0.3, -0.25) is 4.99 Å². The Morgan fingerprint density at radius 2 is 2.32 bits per heavy atom. The second-order valence-corrected chi connectivity index (χ2v) is 6.19. The van der Waals surface area contributed by atoms with E-state index < -0.39 is 0 Å². The van der Waals surface area contributed by atoms with Gasteiger partial charge in [-0.05, 0) is 30.0 Å². The molecule has 2 rings (SSSR count). The maximum Gasteiger partial charge on any atom is 0.157 e. The van der Waals surface area contributed by atoms with Gasteiger partial charge in [0.25, 0.3) is 0 Å². The molecule has 19 heavy (non-hydrogen) atoms. The van der Waals surface area contributed by atoms with Gasteiger partial charge in [0.15, 0.2) is 5.17 Å². The lowest BCUT2D eigenvalue weighted by molar-refractivity contribution is 0.414. The van der Waals surface area contributed by atoms with E-state index in [0.29, 0.717) is 18.5 Å². The summed E-state index contributed by atoms with van der Waals surface area (Å²) in [4.78, 5) is 4.67. The molecule has 1 N–H and O–H groups in total. The maximum atomic E-state index is 5.23. The van der Waals surface area contributed by atoms with Crippen molar-refractivity contribution in [3.63, 3.8) is 0 Å². The first-order valence-electron chi connectivity index (χ1n) is 6.75. The van der Waals surface area contributed by atoms with Crippen molar-refractivity contribution in [1.82, 2.24) is 5.32 Å². The lowest BCUT2D eigenvalue weighted by atomic mass is 10.0. The maximum absolute atomic E-state index is 5.23. The second-order valence-electron chi connectivity index (χ2n) is 5.10. The predicted molar refractivity (Wildman–Crippen MR) is 83.0 cm³/mol. The van der Waals surface area contributed by atoms with Crippen molar-refractivity contribution in [3.8, 4) is 5.75 Å². The summed E-state index contributed by atoms with van der Waals surface area (Å²) in [5.41, 5.74) is 1.18. The van der Waals surface area contributed by atoms with Crippen LogP contribution in [0.1, 0.15) is 25.8 Å². The number of amidine groups is 1. The van der Waals surface area contributed by atoms with Crippen molar-refractivity contribution < 1.29 is 4.74 Å². The third-order valence-electron chi connectivity index (χ3n) is 3.32. The van der Waals surface area contributed by atoms with Crippen molar-refractivity contribution in [2.45, 2.75) is 32.9 Å². The number of thioether (sulfide) groups is 1. The van der Waals surface area contributed by atoms with Gasteiger partial charge in [-0.25, -0.2) is 0 Å². The highest BCUT2D eigenvalue weighted by Crippen LogP contribution is 2.20. The molecule has 3 nitrogen and oxygen atoms in total. The molecule has 1 heterocycles. The Morgan fingerprint density at radius 3 is 3.05 bits per heavy atom. The average molecular weight is 278 g/mol. The molecule has 1 saturated heterocycles. The zero-order valence-corrected chi connectivity index (χ0v) is 12.7. The SMILES string of the molecule is COc1cccc(CN=C2NC(C(C)C)CCS2)c1. The summed E-state index contributed by atoms with van der Waals surface area (Å²) in [5.74, 6) is 2.71. The van der Waals surface area contributed by atoms with E-state index in [9.17, 15) is 0 Å². The van der Waals surface area contributed by atoms with Crippen LogP contribution in [0.25, 0.3) is 0 Å². The van der Waals surface area contributed by atoms with Gasteiger partial charge in [-0.15, -0.1) is 0 Å². The van der Waals surface area contributed by atoms with E-state index in [1.807, 2.05) is 30.0 Å². The Bertz CT molecular complexity index is 446. The van der Waals surface area contributed by atoms with E-state index in [0.717, 1.165) is 16.7 Å². The third kappa shape index (κ3) is 4.16. The molecular formula is C15H22N2OS. The minimum Gasteiger partial charge on any atom is -0.497 e. The van der Waals surface area contributed by atoms with E-state index in [1.165, 1.54) is 12.0 Å². The van der Waals surface area contributed by atoms with Gasteiger partial charge in [0, 0.05) is 11.8 Å². The van der Waals surface area contributed by atoms with Crippen LogP contribution in [-0.4, -0.2) is 24.1 Å². The summed E-state index contributed by atoms with van der Waals surface area (Å²) in [5, 5.41) is 4.61. The number of hydrogen-bond donors (Lipinski definition) is 1. The third-order valence-corrected chi connectivity index (χ3v) is 4.28. The molecule has 1 aromatic rings. The van der Waals surface area contributed by atoms with Crippen molar-refractivity contribution in [1.29, 1.82) is 0 Å². The van der Waals surface area contributed by atoms with Crippen LogP contribution >= 0.6 is 11.8 Å². The molecule has 1 atom stereocenters. The molecule has 1 unspecified atom stereocenters. The number of nitrogens with zero attached hydrogens (tertiary/aromatic N) is 1. The monoisotopic (exact) mass is 278 g/mol. The molecule has 0 radical (unpaired) electrons. The van der Waals surface area contributed by atoms with Crippen LogP contribution in [0.5, 0.6) is 5.75 Å². The minimum absolute atomic E-state index is 0.560. The van der Waals surface area contributed by atoms with Crippen LogP contribution in [0.15, 0.2) is 29.3 Å². The highest BCUT2D eigenvalue weighted by molar-refractivity contribution is 8.13. The number of aliphatic imine (C=N–C) groups is 1. The first-order valence-corrected chi connectivity index (χ1v) is 7.74. The molecule has 104 valence electrons. The number of hydrogen-bond acceptors (Lipinski definition) is 3. The smallest absolute Gasteiger partial charge is 0.157 e. The quantitative estimate of drug-likeness (QED) is 0.917. The molecule has 0 amide bonds. The van der Waals surface area contributed by atoms with E-state index in [-0.39, 0.29) is 0 Å². The number of methoxy groups -OCH3 is 1. The molecule has 1 aliphatic rings. The largest absolute Gasteiger partial charge is 0.497 e. The van der Waals surface area contributed by atoms with Crippen molar-refractivity contribution in [2.24, 2.45) is 10.9 Å². The fourth-order valence-corrected chi connectivity index (χ4v) is 3.04. The van der Waals surface area contributed by atoms with Crippen LogP contribution in [0.4, 0.5) is 0 Å². The van der Waals surface area contributed by atoms with Gasteiger partial charge in [0.2, 0.25) is 0 Å². The van der Waals surface area contributed by atoms with Crippen LogP contribution in [0.2, 0.25) is 0 Å². The summed E-state index contributed by atoms with van der Waals surface area (Å²) in [6.45, 7) is 5.22. The topological polar surface area (TPSA) is 33.6 Å².